The third-order valence-corrected chi connectivity index (χ3v) is 4.64. The topological polar surface area (TPSA) is 58.6 Å². The van der Waals surface area contributed by atoms with Crippen LogP contribution in [0.1, 0.15) is 24.1 Å². The van der Waals surface area contributed by atoms with E-state index in [1.165, 1.54) is 4.90 Å². The number of hydrogen-bond acceptors (Lipinski definition) is 3. The number of allylic oxidation sites excluding steroid dienone is 1. The molecule has 26 heavy (non-hydrogen) atoms. The Bertz CT molecular complexity index is 847. The second kappa shape index (κ2) is 7.62. The number of nitrogens with one attached hydrogen (secondary N) is 1. The molecule has 2 amide bonds. The second-order valence-electron chi connectivity index (χ2n) is 6.05. The van der Waals surface area contributed by atoms with Crippen LogP contribution in [0.3, 0.4) is 0 Å². The molecule has 6 heteroatoms. The van der Waals surface area contributed by atoms with E-state index in [0.29, 0.717) is 16.3 Å². The average Bonchev–Trinajstić information content (AvgIpc) is 2.65. The molecule has 0 saturated carbocycles. The molecule has 0 unspecified atom stereocenters. The molecule has 2 aromatic rings. The predicted octanol–water partition coefficient (Wildman–Crippen LogP) is 4.05. The first-order valence-corrected chi connectivity index (χ1v) is 8.56. The molecule has 1 aliphatic rings. The molecule has 0 aromatic heterocycles. The first-order chi connectivity index (χ1) is 12.5. The van der Waals surface area contributed by atoms with Gasteiger partial charge in [0, 0.05) is 17.8 Å². The summed E-state index contributed by atoms with van der Waals surface area (Å²) in [5.41, 5.74) is 2.63. The number of benzene rings is 2. The number of rotatable bonds is 4. The molecule has 1 aliphatic heterocycles. The maximum absolute atomic E-state index is 12.8. The fourth-order valence-electron chi connectivity index (χ4n) is 2.81. The highest BCUT2D eigenvalue weighted by atomic mass is 35.5. The molecule has 134 valence electrons. The number of carbonyl (C=O) groups is 2. The Morgan fingerprint density at radius 1 is 1.15 bits per heavy atom. The van der Waals surface area contributed by atoms with Crippen molar-refractivity contribution in [2.45, 2.75) is 19.6 Å². The van der Waals surface area contributed by atoms with Crippen molar-refractivity contribution in [2.24, 2.45) is 0 Å². The van der Waals surface area contributed by atoms with E-state index in [-0.39, 0.29) is 12.6 Å². The zero-order valence-electron chi connectivity index (χ0n) is 14.5. The number of amides is 2. The van der Waals surface area contributed by atoms with Crippen molar-refractivity contribution in [3.63, 3.8) is 0 Å². The van der Waals surface area contributed by atoms with E-state index in [1.807, 2.05) is 30.3 Å². The first kappa shape index (κ1) is 18.0. The lowest BCUT2D eigenvalue weighted by Crippen LogP contribution is -2.46. The van der Waals surface area contributed by atoms with Gasteiger partial charge in [-0.15, -0.1) is 0 Å². The molecule has 5 nitrogen and oxygen atoms in total. The summed E-state index contributed by atoms with van der Waals surface area (Å²) in [6, 6.07) is 15.6. The SMILES string of the molecule is CC1=C(C(=O)OCc2ccccc2)[C@H](c2ccc(Cl)cc2)NC(=O)N1C. The fourth-order valence-corrected chi connectivity index (χ4v) is 2.93. The smallest absolute Gasteiger partial charge is 0.338 e. The van der Waals surface area contributed by atoms with Crippen LogP contribution >= 0.6 is 11.6 Å². The van der Waals surface area contributed by atoms with Crippen LogP contribution in [0.25, 0.3) is 0 Å². The standard InChI is InChI=1S/C20H19ClN2O3/c1-13-17(19(24)26-12-14-6-4-3-5-7-14)18(22-20(25)23(13)2)15-8-10-16(21)11-9-15/h3-11,18H,12H2,1-2H3,(H,22,25)/t18-/m0/s1. The lowest BCUT2D eigenvalue weighted by Gasteiger charge is -2.33. The minimum absolute atomic E-state index is 0.168. The molecule has 1 N–H and O–H groups in total. The monoisotopic (exact) mass is 370 g/mol. The lowest BCUT2D eigenvalue weighted by molar-refractivity contribution is -0.141. The fraction of sp³-hybridized carbons (Fsp3) is 0.200. The van der Waals surface area contributed by atoms with Gasteiger partial charge in [0.05, 0.1) is 11.6 Å². The van der Waals surface area contributed by atoms with E-state index in [2.05, 4.69) is 5.32 Å². The van der Waals surface area contributed by atoms with Gasteiger partial charge in [-0.3, -0.25) is 0 Å². The van der Waals surface area contributed by atoms with Crippen molar-refractivity contribution in [3.8, 4) is 0 Å². The number of halogens is 1. The number of esters is 1. The summed E-state index contributed by atoms with van der Waals surface area (Å²) in [6.45, 7) is 1.90. The molecule has 0 saturated heterocycles. The minimum atomic E-state index is -0.584. The summed E-state index contributed by atoms with van der Waals surface area (Å²) < 4.78 is 5.50. The third-order valence-electron chi connectivity index (χ3n) is 4.39. The Hall–Kier alpha value is -2.79. The van der Waals surface area contributed by atoms with Crippen LogP contribution in [-0.4, -0.2) is 23.9 Å². The van der Waals surface area contributed by atoms with Crippen molar-refractivity contribution < 1.29 is 14.3 Å². The van der Waals surface area contributed by atoms with E-state index in [9.17, 15) is 9.59 Å². The molecular weight excluding hydrogens is 352 g/mol. The molecule has 1 atom stereocenters. The van der Waals surface area contributed by atoms with Gasteiger partial charge >= 0.3 is 12.0 Å². The van der Waals surface area contributed by atoms with Crippen LogP contribution in [0.4, 0.5) is 4.79 Å². The van der Waals surface area contributed by atoms with E-state index in [0.717, 1.165) is 11.1 Å². The number of hydrogen-bond donors (Lipinski definition) is 1. The highest BCUT2D eigenvalue weighted by Gasteiger charge is 2.34. The number of carbonyl (C=O) groups excluding carboxylic acids is 2. The number of ether oxygens (including phenoxy) is 1. The lowest BCUT2D eigenvalue weighted by atomic mass is 9.95. The van der Waals surface area contributed by atoms with Gasteiger partial charge in [-0.25, -0.2) is 9.59 Å². The summed E-state index contributed by atoms with van der Waals surface area (Å²) in [5.74, 6) is -0.460. The van der Waals surface area contributed by atoms with Crippen LogP contribution < -0.4 is 5.32 Å². The first-order valence-electron chi connectivity index (χ1n) is 8.19. The van der Waals surface area contributed by atoms with Crippen molar-refractivity contribution >= 4 is 23.6 Å². The van der Waals surface area contributed by atoms with Gasteiger partial charge in [-0.2, -0.15) is 0 Å². The Balaban J connectivity index is 1.89. The van der Waals surface area contributed by atoms with Crippen LogP contribution in [0.15, 0.2) is 65.9 Å². The number of urea groups is 1. The Kier molecular flexibility index (Phi) is 5.28. The molecule has 1 heterocycles. The van der Waals surface area contributed by atoms with Gasteiger partial charge < -0.3 is 15.0 Å². The number of nitrogens with zero attached hydrogens (tertiary/aromatic N) is 1. The second-order valence-corrected chi connectivity index (χ2v) is 6.49. The molecule has 2 aromatic carbocycles. The Morgan fingerprint density at radius 2 is 1.81 bits per heavy atom. The van der Waals surface area contributed by atoms with Gasteiger partial charge in [-0.1, -0.05) is 54.1 Å². The highest BCUT2D eigenvalue weighted by molar-refractivity contribution is 6.30. The Morgan fingerprint density at radius 3 is 2.46 bits per heavy atom. The minimum Gasteiger partial charge on any atom is -0.457 e. The highest BCUT2D eigenvalue weighted by Crippen LogP contribution is 2.31. The average molecular weight is 371 g/mol. The summed E-state index contributed by atoms with van der Waals surface area (Å²) in [5, 5.41) is 3.43. The van der Waals surface area contributed by atoms with Crippen molar-refractivity contribution in [2.75, 3.05) is 7.05 Å². The zero-order chi connectivity index (χ0) is 18.7. The largest absolute Gasteiger partial charge is 0.457 e. The Labute approximate surface area is 157 Å². The van der Waals surface area contributed by atoms with Gasteiger partial charge in [0.2, 0.25) is 0 Å². The van der Waals surface area contributed by atoms with Gasteiger partial charge in [0.1, 0.15) is 6.61 Å². The van der Waals surface area contributed by atoms with Crippen molar-refractivity contribution in [3.05, 3.63) is 82.0 Å². The molecule has 0 bridgehead atoms. The molecule has 0 aliphatic carbocycles. The van der Waals surface area contributed by atoms with Crippen molar-refractivity contribution in [1.82, 2.24) is 10.2 Å². The maximum atomic E-state index is 12.8. The third kappa shape index (κ3) is 3.73. The van der Waals surface area contributed by atoms with Crippen LogP contribution in [0.5, 0.6) is 0 Å². The van der Waals surface area contributed by atoms with Gasteiger partial charge in [0.15, 0.2) is 0 Å². The summed E-state index contributed by atoms with van der Waals surface area (Å²) >= 11 is 5.95. The van der Waals surface area contributed by atoms with Gasteiger partial charge in [0.25, 0.3) is 0 Å². The molecule has 0 radical (unpaired) electrons. The quantitative estimate of drug-likeness (QED) is 0.826. The van der Waals surface area contributed by atoms with Crippen LogP contribution in [0.2, 0.25) is 5.02 Å². The van der Waals surface area contributed by atoms with E-state index >= 15 is 0 Å². The van der Waals surface area contributed by atoms with Crippen molar-refractivity contribution in [1.29, 1.82) is 0 Å². The van der Waals surface area contributed by atoms with E-state index in [1.54, 1.807) is 38.2 Å². The maximum Gasteiger partial charge on any atom is 0.338 e. The molecule has 0 spiro atoms. The van der Waals surface area contributed by atoms with Crippen LogP contribution in [-0.2, 0) is 16.1 Å². The molecular formula is C20H19ClN2O3. The zero-order valence-corrected chi connectivity index (χ0v) is 15.3. The molecule has 3 rings (SSSR count). The summed E-state index contributed by atoms with van der Waals surface area (Å²) in [6.07, 6.45) is 0. The summed E-state index contributed by atoms with van der Waals surface area (Å²) in [7, 11) is 1.62. The van der Waals surface area contributed by atoms with E-state index < -0.39 is 12.0 Å². The predicted molar refractivity (Wildman–Crippen MR) is 99.4 cm³/mol. The van der Waals surface area contributed by atoms with Crippen LogP contribution in [0, 0.1) is 0 Å². The summed E-state index contributed by atoms with van der Waals surface area (Å²) in [4.78, 5) is 26.4. The van der Waals surface area contributed by atoms with Gasteiger partial charge in [-0.05, 0) is 30.2 Å². The normalized spacial score (nSPS) is 17.1. The molecule has 0 fully saturated rings. The van der Waals surface area contributed by atoms with E-state index in [4.69, 9.17) is 16.3 Å².